The van der Waals surface area contributed by atoms with Crippen LogP contribution in [0.4, 0.5) is 0 Å². The van der Waals surface area contributed by atoms with Crippen molar-refractivity contribution in [3.8, 4) is 23.2 Å². The molecule has 1 aliphatic rings. The normalized spacial score (nSPS) is 12.0. The van der Waals surface area contributed by atoms with Gasteiger partial charge in [-0.1, -0.05) is 30.0 Å². The van der Waals surface area contributed by atoms with Crippen molar-refractivity contribution in [1.82, 2.24) is 14.5 Å². The molecule has 0 aliphatic carbocycles. The molecule has 4 nitrogen and oxygen atoms in total. The van der Waals surface area contributed by atoms with Gasteiger partial charge in [0.2, 0.25) is 0 Å². The van der Waals surface area contributed by atoms with Gasteiger partial charge in [-0.15, -0.1) is 0 Å². The fourth-order valence-electron chi connectivity index (χ4n) is 3.00. The third kappa shape index (κ3) is 2.49. The van der Waals surface area contributed by atoms with Gasteiger partial charge in [0.15, 0.2) is 0 Å². The molecule has 118 valence electrons. The Morgan fingerprint density at radius 2 is 2.04 bits per heavy atom. The molecule has 0 unspecified atom stereocenters. The summed E-state index contributed by atoms with van der Waals surface area (Å²) < 4.78 is 1.77. The average Bonchev–Trinajstić information content (AvgIpc) is 2.91. The molecule has 4 rings (SSSR count). The Morgan fingerprint density at radius 1 is 1.21 bits per heavy atom. The Balaban J connectivity index is 1.85. The van der Waals surface area contributed by atoms with Crippen LogP contribution < -0.4 is 5.56 Å². The van der Waals surface area contributed by atoms with Gasteiger partial charge in [-0.25, -0.2) is 4.98 Å². The second kappa shape index (κ2) is 5.63. The molecule has 0 spiro atoms. The molecule has 2 aromatic heterocycles. The van der Waals surface area contributed by atoms with Gasteiger partial charge < -0.3 is 4.57 Å². The van der Waals surface area contributed by atoms with Crippen molar-refractivity contribution in [3.63, 3.8) is 0 Å². The van der Waals surface area contributed by atoms with Crippen LogP contribution in [0.15, 0.2) is 47.3 Å². The Hall–Kier alpha value is -2.90. The monoisotopic (exact) mass is 315 g/mol. The minimum atomic E-state index is -0.0243. The van der Waals surface area contributed by atoms with Crippen molar-refractivity contribution in [3.05, 3.63) is 63.9 Å². The number of pyridine rings is 2. The summed E-state index contributed by atoms with van der Waals surface area (Å²) in [6.07, 6.45) is 0. The number of hydrogen-bond acceptors (Lipinski definition) is 3. The van der Waals surface area contributed by atoms with Crippen LogP contribution in [0, 0.1) is 11.8 Å². The maximum Gasteiger partial charge on any atom is 0.252 e. The molecule has 0 amide bonds. The summed E-state index contributed by atoms with van der Waals surface area (Å²) in [6, 6.07) is 13.7. The van der Waals surface area contributed by atoms with E-state index in [-0.39, 0.29) is 5.56 Å². The first-order valence-corrected chi connectivity index (χ1v) is 7.89. The van der Waals surface area contributed by atoms with Crippen LogP contribution in [0.5, 0.6) is 0 Å². The smallest absolute Gasteiger partial charge is 0.252 e. The van der Waals surface area contributed by atoms with Gasteiger partial charge in [0.1, 0.15) is 0 Å². The largest absolute Gasteiger partial charge is 0.302 e. The summed E-state index contributed by atoms with van der Waals surface area (Å²) in [6.45, 7) is 1.24. The topological polar surface area (TPSA) is 38.1 Å². The lowest BCUT2D eigenvalue weighted by atomic mass is 10.1. The molecule has 0 saturated heterocycles. The summed E-state index contributed by atoms with van der Waals surface area (Å²) in [5.41, 5.74) is 4.50. The van der Waals surface area contributed by atoms with Gasteiger partial charge in [0.05, 0.1) is 30.0 Å². The van der Waals surface area contributed by atoms with Gasteiger partial charge in [0, 0.05) is 22.6 Å². The minimum Gasteiger partial charge on any atom is -0.302 e. The molecule has 4 heteroatoms. The van der Waals surface area contributed by atoms with Crippen molar-refractivity contribution in [1.29, 1.82) is 0 Å². The molecular weight excluding hydrogens is 298 g/mol. The molecule has 0 bridgehead atoms. The summed E-state index contributed by atoms with van der Waals surface area (Å²) in [5, 5.41) is 1.10. The highest BCUT2D eigenvalue weighted by molar-refractivity contribution is 5.83. The van der Waals surface area contributed by atoms with E-state index in [0.29, 0.717) is 13.1 Å². The molecule has 0 N–H and O–H groups in total. The standard InChI is InChI=1S/C20H17N3O/c1-22(2)9-5-6-14-10-18-20-16(13-23(18)19(24)11-14)12-15-7-3-4-8-17(15)21-20/h3-4,7-8,10-12H,9,13H2,1-2H3. The lowest BCUT2D eigenvalue weighted by Gasteiger charge is -2.04. The van der Waals surface area contributed by atoms with E-state index in [0.717, 1.165) is 33.4 Å². The predicted molar refractivity (Wildman–Crippen MR) is 96.0 cm³/mol. The van der Waals surface area contributed by atoms with Gasteiger partial charge in [-0.05, 0) is 32.3 Å². The molecule has 3 heterocycles. The van der Waals surface area contributed by atoms with Crippen LogP contribution in [0.1, 0.15) is 11.1 Å². The van der Waals surface area contributed by atoms with Crippen LogP contribution in [-0.4, -0.2) is 35.1 Å². The van der Waals surface area contributed by atoms with Crippen molar-refractivity contribution < 1.29 is 0 Å². The van der Waals surface area contributed by atoms with Gasteiger partial charge in [0.25, 0.3) is 5.56 Å². The minimum absolute atomic E-state index is 0.0243. The van der Waals surface area contributed by atoms with Crippen LogP contribution >= 0.6 is 0 Å². The van der Waals surface area contributed by atoms with Gasteiger partial charge >= 0.3 is 0 Å². The molecule has 0 saturated carbocycles. The molecule has 24 heavy (non-hydrogen) atoms. The van der Waals surface area contributed by atoms with E-state index in [9.17, 15) is 4.79 Å². The summed E-state index contributed by atoms with van der Waals surface area (Å²) in [4.78, 5) is 19.2. The number of fused-ring (bicyclic) bond motifs is 4. The molecule has 0 radical (unpaired) electrons. The van der Waals surface area contributed by atoms with E-state index in [2.05, 4.69) is 17.9 Å². The maximum absolute atomic E-state index is 12.4. The fraction of sp³-hybridized carbons (Fsp3) is 0.200. The Kier molecular flexibility index (Phi) is 3.44. The van der Waals surface area contributed by atoms with Crippen molar-refractivity contribution in [2.75, 3.05) is 20.6 Å². The molecule has 1 aromatic carbocycles. The first kappa shape index (κ1) is 14.7. The quantitative estimate of drug-likeness (QED) is 0.506. The zero-order chi connectivity index (χ0) is 16.7. The highest BCUT2D eigenvalue weighted by atomic mass is 16.1. The summed E-state index contributed by atoms with van der Waals surface area (Å²) in [7, 11) is 3.94. The number of rotatable bonds is 1. The predicted octanol–water partition coefficient (Wildman–Crippen LogP) is 2.34. The fourth-order valence-corrected chi connectivity index (χ4v) is 3.00. The van der Waals surface area contributed by atoms with Crippen molar-refractivity contribution in [2.45, 2.75) is 6.54 Å². The van der Waals surface area contributed by atoms with Crippen LogP contribution in [0.3, 0.4) is 0 Å². The van der Waals surface area contributed by atoms with Crippen LogP contribution in [0.25, 0.3) is 22.3 Å². The van der Waals surface area contributed by atoms with Gasteiger partial charge in [-0.3, -0.25) is 9.69 Å². The number of hydrogen-bond donors (Lipinski definition) is 0. The first-order valence-electron chi connectivity index (χ1n) is 7.89. The number of aromatic nitrogens is 2. The Labute approximate surface area is 140 Å². The third-order valence-electron chi connectivity index (χ3n) is 4.13. The van der Waals surface area contributed by atoms with Crippen molar-refractivity contribution in [2.24, 2.45) is 0 Å². The second-order valence-electron chi connectivity index (χ2n) is 6.28. The van der Waals surface area contributed by atoms with Crippen molar-refractivity contribution >= 4 is 10.9 Å². The molecule has 0 fully saturated rings. The van der Waals surface area contributed by atoms with E-state index in [1.807, 2.05) is 49.3 Å². The Morgan fingerprint density at radius 3 is 2.88 bits per heavy atom. The SMILES string of the molecule is CN(C)CC#Cc1cc2n(c(=O)c1)Cc1cc3ccccc3nc1-2. The zero-order valence-electron chi connectivity index (χ0n) is 13.7. The van der Waals surface area contributed by atoms with E-state index < -0.39 is 0 Å². The van der Waals surface area contributed by atoms with E-state index >= 15 is 0 Å². The van der Waals surface area contributed by atoms with E-state index in [1.165, 1.54) is 0 Å². The maximum atomic E-state index is 12.4. The van der Waals surface area contributed by atoms with Crippen LogP contribution in [0.2, 0.25) is 0 Å². The van der Waals surface area contributed by atoms with E-state index in [1.54, 1.807) is 10.6 Å². The van der Waals surface area contributed by atoms with Crippen LogP contribution in [-0.2, 0) is 6.54 Å². The Bertz CT molecular complexity index is 1070. The number of para-hydroxylation sites is 1. The van der Waals surface area contributed by atoms with E-state index in [4.69, 9.17) is 4.98 Å². The second-order valence-corrected chi connectivity index (χ2v) is 6.28. The molecular formula is C20H17N3O. The van der Waals surface area contributed by atoms with Gasteiger partial charge in [-0.2, -0.15) is 0 Å². The number of nitrogens with zero attached hydrogens (tertiary/aromatic N) is 3. The molecule has 0 atom stereocenters. The highest BCUT2D eigenvalue weighted by Gasteiger charge is 2.21. The lowest BCUT2D eigenvalue weighted by molar-refractivity contribution is 0.464. The average molecular weight is 315 g/mol. The summed E-state index contributed by atoms with van der Waals surface area (Å²) in [5.74, 6) is 6.16. The first-order chi connectivity index (χ1) is 11.6. The third-order valence-corrected chi connectivity index (χ3v) is 4.13. The lowest BCUT2D eigenvalue weighted by Crippen LogP contribution is -2.18. The summed E-state index contributed by atoms with van der Waals surface area (Å²) >= 11 is 0. The molecule has 3 aromatic rings. The highest BCUT2D eigenvalue weighted by Crippen LogP contribution is 2.31. The number of benzene rings is 1. The molecule has 1 aliphatic heterocycles. The zero-order valence-corrected chi connectivity index (χ0v) is 13.7.